The number of aromatic nitrogens is 2. The molecule has 182 valence electrons. The highest BCUT2D eigenvalue weighted by molar-refractivity contribution is 5.77. The van der Waals surface area contributed by atoms with Crippen molar-refractivity contribution in [3.05, 3.63) is 71.4 Å². The second-order valence-electron chi connectivity index (χ2n) is 8.65. The Morgan fingerprint density at radius 2 is 1.91 bits per heavy atom. The van der Waals surface area contributed by atoms with Crippen LogP contribution in [-0.2, 0) is 11.8 Å². The molecule has 0 saturated carbocycles. The fourth-order valence-electron chi connectivity index (χ4n) is 4.69. The maximum atomic E-state index is 14.0. The predicted molar refractivity (Wildman–Crippen MR) is 127 cm³/mol. The van der Waals surface area contributed by atoms with Crippen molar-refractivity contribution in [3.63, 3.8) is 0 Å². The summed E-state index contributed by atoms with van der Waals surface area (Å²) in [4.78, 5) is 2.18. The summed E-state index contributed by atoms with van der Waals surface area (Å²) in [7, 11) is 3.47. The number of hydrogen-bond donors (Lipinski definition) is 3. The maximum Gasteiger partial charge on any atom is 0.182 e. The number of methoxy groups -OCH3 is 1. The van der Waals surface area contributed by atoms with Gasteiger partial charge in [0.2, 0.25) is 0 Å². The number of likely N-dealkylation sites (tertiary alicyclic amines) is 1. The number of ether oxygens (including phenoxy) is 1. The van der Waals surface area contributed by atoms with E-state index in [1.807, 2.05) is 44.3 Å². The quantitative estimate of drug-likeness (QED) is 0.417. The average Bonchev–Trinajstić information content (AvgIpc) is 3.34. The molecule has 0 bridgehead atoms. The molecule has 3 unspecified atom stereocenters. The van der Waals surface area contributed by atoms with E-state index in [0.29, 0.717) is 37.6 Å². The van der Waals surface area contributed by atoms with E-state index in [1.165, 1.54) is 6.07 Å². The zero-order valence-corrected chi connectivity index (χ0v) is 19.6. The summed E-state index contributed by atoms with van der Waals surface area (Å²) < 4.78 is 34.4. The van der Waals surface area contributed by atoms with Crippen LogP contribution in [-0.4, -0.2) is 65.5 Å². The van der Waals surface area contributed by atoms with Crippen LogP contribution in [0.25, 0.3) is 11.1 Å². The van der Waals surface area contributed by atoms with Crippen LogP contribution >= 0.6 is 0 Å². The Bertz CT molecular complexity index is 1110. The van der Waals surface area contributed by atoms with Gasteiger partial charge >= 0.3 is 0 Å². The Balaban J connectivity index is 1.54. The van der Waals surface area contributed by atoms with E-state index in [-0.39, 0.29) is 12.0 Å². The molecule has 4 rings (SSSR count). The molecule has 3 N–H and O–H groups in total. The van der Waals surface area contributed by atoms with Crippen molar-refractivity contribution in [3.8, 4) is 11.1 Å². The molecule has 1 saturated heterocycles. The van der Waals surface area contributed by atoms with Gasteiger partial charge in [0.25, 0.3) is 0 Å². The molecule has 0 radical (unpaired) electrons. The minimum Gasteiger partial charge on any atom is -0.383 e. The number of nitrogens with zero attached hydrogens (tertiary/aromatic N) is 3. The summed E-state index contributed by atoms with van der Waals surface area (Å²) in [6.07, 6.45) is -1.09. The van der Waals surface area contributed by atoms with E-state index in [9.17, 15) is 13.9 Å². The molecule has 1 aromatic heterocycles. The lowest BCUT2D eigenvalue weighted by Gasteiger charge is -2.25. The van der Waals surface area contributed by atoms with Crippen molar-refractivity contribution >= 4 is 5.82 Å². The van der Waals surface area contributed by atoms with Crippen molar-refractivity contribution in [2.75, 3.05) is 38.7 Å². The second-order valence-corrected chi connectivity index (χ2v) is 8.65. The topological polar surface area (TPSA) is 74.6 Å². The molecule has 1 fully saturated rings. The Labute approximate surface area is 198 Å². The minimum atomic E-state index is -1.09. The number of anilines is 1. The highest BCUT2D eigenvalue weighted by atomic mass is 19.2. The Morgan fingerprint density at radius 3 is 2.62 bits per heavy atom. The second kappa shape index (κ2) is 10.6. The summed E-state index contributed by atoms with van der Waals surface area (Å²) in [6.45, 7) is 4.46. The molecule has 9 heteroatoms. The molecule has 2 aromatic carbocycles. The first-order valence-corrected chi connectivity index (χ1v) is 11.3. The highest BCUT2D eigenvalue weighted by Gasteiger charge is 2.35. The molecule has 0 amide bonds. The minimum absolute atomic E-state index is 0.134. The first-order valence-electron chi connectivity index (χ1n) is 11.3. The summed E-state index contributed by atoms with van der Waals surface area (Å²) >= 11 is 0. The van der Waals surface area contributed by atoms with Gasteiger partial charge in [-0.15, -0.1) is 0 Å². The molecule has 7 nitrogen and oxygen atoms in total. The average molecular weight is 472 g/mol. The standard InChI is InChI=1S/C25H31F2N5O2/c1-16-23(17-7-5-4-6-8-17)24(31(2)30-16)29-25(33)28-22-15-32(11-12-34-3)14-19(22)18-9-10-20(26)21(27)13-18/h4-10,13,19,22,25,28-29,33H,11-12,14-15H2,1-3H3. The molecule has 3 aromatic rings. The van der Waals surface area contributed by atoms with E-state index in [2.05, 4.69) is 20.6 Å². The molecule has 2 heterocycles. The number of aryl methyl sites for hydroxylation is 2. The summed E-state index contributed by atoms with van der Waals surface area (Å²) in [6, 6.07) is 13.7. The predicted octanol–water partition coefficient (Wildman–Crippen LogP) is 3.07. The summed E-state index contributed by atoms with van der Waals surface area (Å²) in [5, 5.41) is 21.8. The van der Waals surface area contributed by atoms with Crippen molar-refractivity contribution < 1.29 is 18.6 Å². The molecule has 1 aliphatic rings. The van der Waals surface area contributed by atoms with Crippen LogP contribution in [0.2, 0.25) is 0 Å². The van der Waals surface area contributed by atoms with Crippen LogP contribution in [0, 0.1) is 18.6 Å². The van der Waals surface area contributed by atoms with Crippen LogP contribution in [0.5, 0.6) is 0 Å². The van der Waals surface area contributed by atoms with Crippen LogP contribution in [0.3, 0.4) is 0 Å². The van der Waals surface area contributed by atoms with Crippen molar-refractivity contribution in [1.82, 2.24) is 20.0 Å². The Hall–Kier alpha value is -2.85. The Morgan fingerprint density at radius 1 is 1.15 bits per heavy atom. The monoisotopic (exact) mass is 471 g/mol. The molecule has 0 spiro atoms. The van der Waals surface area contributed by atoms with Crippen LogP contribution in [0.4, 0.5) is 14.6 Å². The molecule has 0 aliphatic carbocycles. The Kier molecular flexibility index (Phi) is 7.57. The number of rotatable bonds is 9. The lowest BCUT2D eigenvalue weighted by atomic mass is 9.94. The molecular weight excluding hydrogens is 440 g/mol. The molecule has 34 heavy (non-hydrogen) atoms. The smallest absolute Gasteiger partial charge is 0.182 e. The van der Waals surface area contributed by atoms with Gasteiger partial charge in [-0.3, -0.25) is 14.9 Å². The number of nitrogens with one attached hydrogen (secondary N) is 2. The van der Waals surface area contributed by atoms with Crippen molar-refractivity contribution in [2.24, 2.45) is 7.05 Å². The van der Waals surface area contributed by atoms with Gasteiger partial charge in [-0.1, -0.05) is 36.4 Å². The van der Waals surface area contributed by atoms with Crippen LogP contribution in [0.1, 0.15) is 17.2 Å². The van der Waals surface area contributed by atoms with E-state index >= 15 is 0 Å². The van der Waals surface area contributed by atoms with Gasteiger partial charge in [-0.05, 0) is 30.2 Å². The van der Waals surface area contributed by atoms with E-state index in [4.69, 9.17) is 4.74 Å². The van der Waals surface area contributed by atoms with Crippen LogP contribution < -0.4 is 10.6 Å². The van der Waals surface area contributed by atoms with E-state index in [0.717, 1.165) is 22.9 Å². The fraction of sp³-hybridized carbons (Fsp3) is 0.400. The highest BCUT2D eigenvalue weighted by Crippen LogP contribution is 2.32. The normalized spacial score (nSPS) is 19.5. The number of aliphatic hydroxyl groups is 1. The zero-order valence-electron chi connectivity index (χ0n) is 19.6. The number of halogens is 2. The van der Waals surface area contributed by atoms with E-state index in [1.54, 1.807) is 17.9 Å². The van der Waals surface area contributed by atoms with Gasteiger partial charge in [-0.25, -0.2) is 8.78 Å². The number of benzene rings is 2. The summed E-state index contributed by atoms with van der Waals surface area (Å²) in [5.41, 5.74) is 3.43. The van der Waals surface area contributed by atoms with E-state index < -0.39 is 18.0 Å². The van der Waals surface area contributed by atoms with Crippen molar-refractivity contribution in [1.29, 1.82) is 0 Å². The van der Waals surface area contributed by atoms with Gasteiger partial charge in [-0.2, -0.15) is 5.10 Å². The first kappa shape index (κ1) is 24.3. The maximum absolute atomic E-state index is 14.0. The van der Waals surface area contributed by atoms with Gasteiger partial charge in [0.15, 0.2) is 18.0 Å². The third kappa shape index (κ3) is 5.28. The first-order chi connectivity index (χ1) is 16.4. The lowest BCUT2D eigenvalue weighted by molar-refractivity contribution is 0.139. The molecule has 1 aliphatic heterocycles. The van der Waals surface area contributed by atoms with Crippen molar-refractivity contribution in [2.45, 2.75) is 25.2 Å². The zero-order chi connectivity index (χ0) is 24.2. The number of hydrogen-bond acceptors (Lipinski definition) is 6. The lowest BCUT2D eigenvalue weighted by Crippen LogP contribution is -2.46. The third-order valence-corrected chi connectivity index (χ3v) is 6.31. The van der Waals surface area contributed by atoms with Gasteiger partial charge in [0, 0.05) is 51.3 Å². The third-order valence-electron chi connectivity index (χ3n) is 6.31. The van der Waals surface area contributed by atoms with Gasteiger partial charge in [0.1, 0.15) is 5.82 Å². The summed E-state index contributed by atoms with van der Waals surface area (Å²) in [5.74, 6) is -1.19. The molecular formula is C25H31F2N5O2. The fourth-order valence-corrected chi connectivity index (χ4v) is 4.69. The van der Waals surface area contributed by atoms with Gasteiger partial charge in [0.05, 0.1) is 12.3 Å². The van der Waals surface area contributed by atoms with Gasteiger partial charge < -0.3 is 15.2 Å². The largest absolute Gasteiger partial charge is 0.383 e. The van der Waals surface area contributed by atoms with Crippen LogP contribution in [0.15, 0.2) is 48.5 Å². The number of aliphatic hydroxyl groups excluding tert-OH is 1. The molecule has 3 atom stereocenters. The SMILES string of the molecule is COCCN1CC(NC(O)Nc2c(-c3ccccc3)c(C)nn2C)C(c2ccc(F)c(F)c2)C1.